The minimum atomic E-state index is -0.626. The Morgan fingerprint density at radius 1 is 1.47 bits per heavy atom. The first kappa shape index (κ1) is 12.4. The molecule has 1 aliphatic rings. The second-order valence-corrected chi connectivity index (χ2v) is 4.78. The van der Waals surface area contributed by atoms with Gasteiger partial charge in [-0.2, -0.15) is 0 Å². The highest BCUT2D eigenvalue weighted by atomic mass is 19.1. The van der Waals surface area contributed by atoms with E-state index in [1.54, 1.807) is 13.0 Å². The summed E-state index contributed by atoms with van der Waals surface area (Å²) in [5, 5.41) is 9.75. The maximum atomic E-state index is 14.0. The SMILES string of the molecule is CCCN(c1c(F)cccc1[C@H](C)O)C1CC1. The lowest BCUT2D eigenvalue weighted by atomic mass is 10.1. The molecule has 0 heterocycles. The van der Waals surface area contributed by atoms with Gasteiger partial charge in [0, 0.05) is 18.2 Å². The van der Waals surface area contributed by atoms with Crippen molar-refractivity contribution in [3.63, 3.8) is 0 Å². The number of rotatable bonds is 5. The molecule has 1 aromatic carbocycles. The second kappa shape index (κ2) is 5.05. The van der Waals surface area contributed by atoms with E-state index in [0.717, 1.165) is 25.8 Å². The molecule has 0 spiro atoms. The summed E-state index contributed by atoms with van der Waals surface area (Å²) < 4.78 is 14.0. The number of hydrogen-bond acceptors (Lipinski definition) is 2. The molecule has 1 aliphatic carbocycles. The Hall–Kier alpha value is -1.09. The highest BCUT2D eigenvalue weighted by Crippen LogP contribution is 2.37. The van der Waals surface area contributed by atoms with E-state index in [1.165, 1.54) is 6.07 Å². The Balaban J connectivity index is 2.39. The molecule has 94 valence electrons. The van der Waals surface area contributed by atoms with E-state index in [2.05, 4.69) is 11.8 Å². The highest BCUT2D eigenvalue weighted by Gasteiger charge is 2.31. The molecule has 3 heteroatoms. The Bertz CT molecular complexity index is 388. The molecule has 0 bridgehead atoms. The largest absolute Gasteiger partial charge is 0.389 e. The van der Waals surface area contributed by atoms with Gasteiger partial charge in [0.05, 0.1) is 11.8 Å². The van der Waals surface area contributed by atoms with Gasteiger partial charge < -0.3 is 10.0 Å². The predicted molar refractivity (Wildman–Crippen MR) is 67.7 cm³/mol. The van der Waals surface area contributed by atoms with Gasteiger partial charge in [0.2, 0.25) is 0 Å². The standard InChI is InChI=1S/C14H20FNO/c1-3-9-16(11-7-8-11)14-12(10(2)17)5-4-6-13(14)15/h4-6,10-11,17H,3,7-9H2,1-2H3/t10-/m0/s1. The minimum absolute atomic E-state index is 0.219. The summed E-state index contributed by atoms with van der Waals surface area (Å²) in [4.78, 5) is 2.12. The molecule has 0 aromatic heterocycles. The van der Waals surface area contributed by atoms with Crippen molar-refractivity contribution in [3.05, 3.63) is 29.6 Å². The van der Waals surface area contributed by atoms with Gasteiger partial charge in [0.15, 0.2) is 0 Å². The number of halogens is 1. The van der Waals surface area contributed by atoms with E-state index < -0.39 is 6.10 Å². The maximum Gasteiger partial charge on any atom is 0.146 e. The number of hydrogen-bond donors (Lipinski definition) is 1. The minimum Gasteiger partial charge on any atom is -0.389 e. The van der Waals surface area contributed by atoms with Crippen molar-refractivity contribution < 1.29 is 9.50 Å². The Labute approximate surface area is 102 Å². The van der Waals surface area contributed by atoms with Crippen LogP contribution in [0.1, 0.15) is 44.8 Å². The first-order chi connectivity index (χ1) is 8.15. The molecule has 2 nitrogen and oxygen atoms in total. The third-order valence-corrected chi connectivity index (χ3v) is 3.21. The van der Waals surface area contributed by atoms with Crippen molar-refractivity contribution in [2.24, 2.45) is 0 Å². The van der Waals surface area contributed by atoms with Gasteiger partial charge in [-0.15, -0.1) is 0 Å². The lowest BCUT2D eigenvalue weighted by molar-refractivity contribution is 0.199. The number of nitrogens with zero attached hydrogens (tertiary/aromatic N) is 1. The molecule has 1 fully saturated rings. The summed E-state index contributed by atoms with van der Waals surface area (Å²) in [6.45, 7) is 4.64. The van der Waals surface area contributed by atoms with Crippen LogP contribution in [0.15, 0.2) is 18.2 Å². The Kier molecular flexibility index (Phi) is 3.67. The molecule has 0 saturated heterocycles. The van der Waals surface area contributed by atoms with E-state index in [1.807, 2.05) is 6.07 Å². The van der Waals surface area contributed by atoms with Crippen molar-refractivity contribution in [2.45, 2.75) is 45.3 Å². The van der Waals surface area contributed by atoms with Crippen LogP contribution in [0.4, 0.5) is 10.1 Å². The van der Waals surface area contributed by atoms with Crippen LogP contribution in [0.5, 0.6) is 0 Å². The lowest BCUT2D eigenvalue weighted by Crippen LogP contribution is -2.28. The molecular weight excluding hydrogens is 217 g/mol. The van der Waals surface area contributed by atoms with Gasteiger partial charge in [-0.1, -0.05) is 19.1 Å². The molecular formula is C14H20FNO. The molecule has 0 unspecified atom stereocenters. The van der Waals surface area contributed by atoms with Crippen molar-refractivity contribution >= 4 is 5.69 Å². The number of benzene rings is 1. The molecule has 0 amide bonds. The van der Waals surface area contributed by atoms with Crippen molar-refractivity contribution in [1.82, 2.24) is 0 Å². The van der Waals surface area contributed by atoms with E-state index in [-0.39, 0.29) is 5.82 Å². The summed E-state index contributed by atoms with van der Waals surface area (Å²) in [5.41, 5.74) is 1.30. The number of para-hydroxylation sites is 1. The van der Waals surface area contributed by atoms with Crippen molar-refractivity contribution in [2.75, 3.05) is 11.4 Å². The number of aliphatic hydroxyl groups is 1. The lowest BCUT2D eigenvalue weighted by Gasteiger charge is -2.28. The summed E-state index contributed by atoms with van der Waals surface area (Å²) in [5.74, 6) is -0.219. The topological polar surface area (TPSA) is 23.5 Å². The van der Waals surface area contributed by atoms with Gasteiger partial charge in [-0.3, -0.25) is 0 Å². The van der Waals surface area contributed by atoms with Crippen LogP contribution in [0.2, 0.25) is 0 Å². The quantitative estimate of drug-likeness (QED) is 0.849. The average Bonchev–Trinajstić information content (AvgIpc) is 3.10. The first-order valence-electron chi connectivity index (χ1n) is 6.38. The summed E-state index contributed by atoms with van der Waals surface area (Å²) >= 11 is 0. The van der Waals surface area contributed by atoms with Crippen LogP contribution >= 0.6 is 0 Å². The monoisotopic (exact) mass is 237 g/mol. The first-order valence-corrected chi connectivity index (χ1v) is 6.38. The molecule has 1 aromatic rings. The number of anilines is 1. The normalized spacial score (nSPS) is 16.9. The molecule has 0 radical (unpaired) electrons. The third kappa shape index (κ3) is 2.60. The molecule has 17 heavy (non-hydrogen) atoms. The van der Waals surface area contributed by atoms with Crippen molar-refractivity contribution in [3.8, 4) is 0 Å². The van der Waals surface area contributed by atoms with Crippen LogP contribution in [0.25, 0.3) is 0 Å². The molecule has 1 saturated carbocycles. The van der Waals surface area contributed by atoms with E-state index in [9.17, 15) is 9.50 Å². The molecule has 0 aliphatic heterocycles. The Morgan fingerprint density at radius 3 is 2.71 bits per heavy atom. The zero-order chi connectivity index (χ0) is 12.4. The fourth-order valence-electron chi connectivity index (χ4n) is 2.28. The van der Waals surface area contributed by atoms with E-state index in [4.69, 9.17) is 0 Å². The van der Waals surface area contributed by atoms with Gasteiger partial charge >= 0.3 is 0 Å². The fourth-order valence-corrected chi connectivity index (χ4v) is 2.28. The van der Waals surface area contributed by atoms with Crippen LogP contribution in [0, 0.1) is 5.82 Å². The molecule has 1 N–H and O–H groups in total. The van der Waals surface area contributed by atoms with Gasteiger partial charge in [-0.25, -0.2) is 4.39 Å². The summed E-state index contributed by atoms with van der Waals surface area (Å²) in [6.07, 6.45) is 2.63. The van der Waals surface area contributed by atoms with Gasteiger partial charge in [-0.05, 0) is 32.3 Å². The average molecular weight is 237 g/mol. The zero-order valence-corrected chi connectivity index (χ0v) is 10.5. The Morgan fingerprint density at radius 2 is 2.18 bits per heavy atom. The van der Waals surface area contributed by atoms with Gasteiger partial charge in [0.25, 0.3) is 0 Å². The summed E-state index contributed by atoms with van der Waals surface area (Å²) in [6, 6.07) is 5.42. The van der Waals surface area contributed by atoms with Gasteiger partial charge in [0.1, 0.15) is 5.82 Å². The third-order valence-electron chi connectivity index (χ3n) is 3.21. The van der Waals surface area contributed by atoms with Crippen LogP contribution in [-0.4, -0.2) is 17.7 Å². The van der Waals surface area contributed by atoms with Crippen LogP contribution in [0.3, 0.4) is 0 Å². The molecule has 1 atom stereocenters. The van der Waals surface area contributed by atoms with Crippen LogP contribution < -0.4 is 4.90 Å². The predicted octanol–water partition coefficient (Wildman–Crippen LogP) is 3.26. The maximum absolute atomic E-state index is 14.0. The van der Waals surface area contributed by atoms with E-state index >= 15 is 0 Å². The molecule has 2 rings (SSSR count). The van der Waals surface area contributed by atoms with Crippen LogP contribution in [-0.2, 0) is 0 Å². The zero-order valence-electron chi connectivity index (χ0n) is 10.5. The smallest absolute Gasteiger partial charge is 0.146 e. The second-order valence-electron chi connectivity index (χ2n) is 4.78. The highest BCUT2D eigenvalue weighted by molar-refractivity contribution is 5.57. The number of aliphatic hydroxyl groups excluding tert-OH is 1. The van der Waals surface area contributed by atoms with E-state index in [0.29, 0.717) is 17.3 Å². The fraction of sp³-hybridized carbons (Fsp3) is 0.571. The van der Waals surface area contributed by atoms with Crippen molar-refractivity contribution in [1.29, 1.82) is 0 Å². The summed E-state index contributed by atoms with van der Waals surface area (Å²) in [7, 11) is 0.